The van der Waals surface area contributed by atoms with Gasteiger partial charge in [0.2, 0.25) is 5.91 Å². The summed E-state index contributed by atoms with van der Waals surface area (Å²) in [4.78, 5) is 47.0. The molecule has 0 aliphatic carbocycles. The van der Waals surface area contributed by atoms with Crippen LogP contribution in [0.5, 0.6) is 5.75 Å². The second-order valence-electron chi connectivity index (χ2n) is 9.95. The van der Waals surface area contributed by atoms with Gasteiger partial charge in [0.25, 0.3) is 5.91 Å². The highest BCUT2D eigenvalue weighted by molar-refractivity contribution is 7.10. The Hall–Kier alpha value is -3.76. The van der Waals surface area contributed by atoms with E-state index >= 15 is 0 Å². The number of aromatic nitrogens is 1. The molecule has 10 heteroatoms. The maximum atomic E-state index is 13.1. The molecular formula is C30H34N4O5S. The summed E-state index contributed by atoms with van der Waals surface area (Å²) in [7, 11) is 1.58. The number of methoxy groups -OCH3 is 1. The van der Waals surface area contributed by atoms with E-state index in [-0.39, 0.29) is 36.4 Å². The van der Waals surface area contributed by atoms with Crippen LogP contribution in [-0.2, 0) is 9.53 Å². The number of benzene rings is 2. The van der Waals surface area contributed by atoms with E-state index in [9.17, 15) is 14.4 Å². The number of carbonyl (C=O) groups excluding carboxylic acids is 3. The molecule has 0 unspecified atom stereocenters. The van der Waals surface area contributed by atoms with Crippen LogP contribution in [0.4, 0.5) is 11.4 Å². The number of piperidine rings is 1. The van der Waals surface area contributed by atoms with Crippen molar-refractivity contribution >= 4 is 40.3 Å². The number of nitrogens with one attached hydrogen (secondary N) is 1. The van der Waals surface area contributed by atoms with Crippen molar-refractivity contribution in [3.63, 3.8) is 0 Å². The maximum absolute atomic E-state index is 13.1. The fourth-order valence-corrected chi connectivity index (χ4v) is 6.07. The molecule has 2 aliphatic rings. The van der Waals surface area contributed by atoms with Gasteiger partial charge in [-0.1, -0.05) is 12.1 Å². The fraction of sp³-hybridized carbons (Fsp3) is 0.400. The third-order valence-electron chi connectivity index (χ3n) is 7.43. The molecular weight excluding hydrogens is 528 g/mol. The number of anilines is 2. The maximum Gasteiger partial charge on any atom is 0.275 e. The van der Waals surface area contributed by atoms with Gasteiger partial charge in [0.05, 0.1) is 36.7 Å². The molecule has 2 aliphatic heterocycles. The molecule has 2 saturated heterocycles. The lowest BCUT2D eigenvalue weighted by atomic mass is 9.97. The van der Waals surface area contributed by atoms with Crippen LogP contribution in [0.3, 0.4) is 0 Å². The minimum Gasteiger partial charge on any atom is -0.497 e. The number of amides is 2. The van der Waals surface area contributed by atoms with Crippen LogP contribution in [0.1, 0.15) is 57.5 Å². The molecule has 210 valence electrons. The number of ether oxygens (including phenoxy) is 2. The number of likely N-dealkylation sites (tertiary alicyclic amines) is 1. The first-order valence-electron chi connectivity index (χ1n) is 13.7. The minimum absolute atomic E-state index is 0.00143. The Bertz CT molecular complexity index is 1330. The number of ketones is 1. The van der Waals surface area contributed by atoms with Crippen molar-refractivity contribution in [1.29, 1.82) is 0 Å². The predicted octanol–water partition coefficient (Wildman–Crippen LogP) is 4.61. The molecule has 0 spiro atoms. The highest BCUT2D eigenvalue weighted by atomic mass is 32.1. The number of nitrogens with zero attached hydrogens (tertiary/aromatic N) is 3. The smallest absolute Gasteiger partial charge is 0.275 e. The lowest BCUT2D eigenvalue weighted by molar-refractivity contribution is -0.132. The molecule has 0 saturated carbocycles. The van der Waals surface area contributed by atoms with Crippen molar-refractivity contribution in [2.75, 3.05) is 56.7 Å². The van der Waals surface area contributed by atoms with Gasteiger partial charge in [-0.15, -0.1) is 11.3 Å². The molecule has 40 heavy (non-hydrogen) atoms. The zero-order chi connectivity index (χ0) is 27.9. The van der Waals surface area contributed by atoms with Gasteiger partial charge < -0.3 is 24.6 Å². The van der Waals surface area contributed by atoms with Crippen LogP contribution in [0, 0.1) is 0 Å². The van der Waals surface area contributed by atoms with Gasteiger partial charge in [-0.25, -0.2) is 4.98 Å². The summed E-state index contributed by atoms with van der Waals surface area (Å²) >= 11 is 1.50. The molecule has 3 heterocycles. The summed E-state index contributed by atoms with van der Waals surface area (Å²) in [5.74, 6) is 0.623. The Kier molecular flexibility index (Phi) is 9.08. The highest BCUT2D eigenvalue weighted by Gasteiger charge is 2.27. The predicted molar refractivity (Wildman–Crippen MR) is 155 cm³/mol. The first-order valence-corrected chi connectivity index (χ1v) is 14.5. The second kappa shape index (κ2) is 13.1. The topological polar surface area (TPSA) is 101 Å². The van der Waals surface area contributed by atoms with E-state index < -0.39 is 0 Å². The summed E-state index contributed by atoms with van der Waals surface area (Å²) in [5.41, 5.74) is 2.74. The average Bonchev–Trinajstić information content (AvgIpc) is 3.51. The summed E-state index contributed by atoms with van der Waals surface area (Å²) in [6, 6.07) is 14.7. The largest absolute Gasteiger partial charge is 0.497 e. The van der Waals surface area contributed by atoms with Crippen molar-refractivity contribution in [1.82, 2.24) is 9.88 Å². The van der Waals surface area contributed by atoms with E-state index in [1.54, 1.807) is 31.4 Å². The van der Waals surface area contributed by atoms with Gasteiger partial charge in [0.15, 0.2) is 5.78 Å². The minimum atomic E-state index is -0.225. The molecule has 5 rings (SSSR count). The molecule has 1 N–H and O–H groups in total. The highest BCUT2D eigenvalue weighted by Crippen LogP contribution is 2.32. The van der Waals surface area contributed by atoms with Crippen molar-refractivity contribution in [2.24, 2.45) is 0 Å². The molecule has 0 atom stereocenters. The van der Waals surface area contributed by atoms with E-state index in [0.29, 0.717) is 43.3 Å². The van der Waals surface area contributed by atoms with Crippen LogP contribution in [0.2, 0.25) is 0 Å². The van der Waals surface area contributed by atoms with Gasteiger partial charge in [-0.3, -0.25) is 14.4 Å². The number of carbonyl (C=O) groups is 3. The van der Waals surface area contributed by atoms with Crippen molar-refractivity contribution in [2.45, 2.75) is 31.6 Å². The van der Waals surface area contributed by atoms with Crippen LogP contribution in [-0.4, -0.2) is 74.0 Å². The Balaban J connectivity index is 1.11. The Morgan fingerprint density at radius 1 is 1.00 bits per heavy atom. The average molecular weight is 563 g/mol. The third-order valence-corrected chi connectivity index (χ3v) is 8.44. The zero-order valence-electron chi connectivity index (χ0n) is 22.6. The molecule has 2 fully saturated rings. The van der Waals surface area contributed by atoms with E-state index in [4.69, 9.17) is 9.47 Å². The van der Waals surface area contributed by atoms with Gasteiger partial charge in [-0.2, -0.15) is 0 Å². The monoisotopic (exact) mass is 562 g/mol. The van der Waals surface area contributed by atoms with Crippen LogP contribution < -0.4 is 15.0 Å². The number of morpholine rings is 1. The number of Topliss-reactive ketones (excluding diaryl/α,β-unsaturated/α-hetero) is 1. The standard InChI is InChI=1S/C30H34N4O5S/c1-38-23-8-6-21(7-9-23)27(35)10-11-28(36)34-14-12-22(13-15-34)30-32-25(20-40-30)29(37)31-24-4-2-3-5-26(24)33-16-18-39-19-17-33/h2-9,20,22H,10-19H2,1H3,(H,31,37). The van der Waals surface area contributed by atoms with Crippen LogP contribution in [0.25, 0.3) is 0 Å². The summed E-state index contributed by atoms with van der Waals surface area (Å²) < 4.78 is 10.6. The van der Waals surface area contributed by atoms with Crippen LogP contribution in [0.15, 0.2) is 53.9 Å². The van der Waals surface area contributed by atoms with Crippen molar-refractivity contribution in [3.05, 3.63) is 70.2 Å². The van der Waals surface area contributed by atoms with E-state index in [1.807, 2.05) is 34.5 Å². The van der Waals surface area contributed by atoms with Gasteiger partial charge in [0, 0.05) is 55.9 Å². The van der Waals surface area contributed by atoms with Gasteiger partial charge in [-0.05, 0) is 49.2 Å². The summed E-state index contributed by atoms with van der Waals surface area (Å²) in [6.07, 6.45) is 1.95. The number of hydrogen-bond acceptors (Lipinski definition) is 8. The normalized spacial score (nSPS) is 16.0. The Morgan fingerprint density at radius 3 is 2.45 bits per heavy atom. The molecule has 3 aromatic rings. The van der Waals surface area contributed by atoms with Crippen molar-refractivity contribution in [3.8, 4) is 5.75 Å². The molecule has 2 amide bonds. The first-order chi connectivity index (χ1) is 19.5. The Labute approximate surface area is 238 Å². The molecule has 1 aromatic heterocycles. The fourth-order valence-electron chi connectivity index (χ4n) is 5.10. The lowest BCUT2D eigenvalue weighted by Gasteiger charge is -2.31. The number of thiazole rings is 1. The quantitative estimate of drug-likeness (QED) is 0.380. The molecule has 9 nitrogen and oxygen atoms in total. The van der Waals surface area contributed by atoms with E-state index in [1.165, 1.54) is 11.3 Å². The summed E-state index contributed by atoms with van der Waals surface area (Å²) in [6.45, 7) is 4.15. The zero-order valence-corrected chi connectivity index (χ0v) is 23.5. The number of para-hydroxylation sites is 2. The van der Waals surface area contributed by atoms with E-state index in [0.717, 1.165) is 42.3 Å². The van der Waals surface area contributed by atoms with Gasteiger partial charge >= 0.3 is 0 Å². The summed E-state index contributed by atoms with van der Waals surface area (Å²) in [5, 5.41) is 5.77. The van der Waals surface area contributed by atoms with Crippen LogP contribution >= 0.6 is 11.3 Å². The Morgan fingerprint density at radius 2 is 1.73 bits per heavy atom. The SMILES string of the molecule is COc1ccc(C(=O)CCC(=O)N2CCC(c3nc(C(=O)Nc4ccccc4N4CCOCC4)cs3)CC2)cc1. The third kappa shape index (κ3) is 6.68. The molecule has 2 aromatic carbocycles. The van der Waals surface area contributed by atoms with Crippen molar-refractivity contribution < 1.29 is 23.9 Å². The molecule has 0 radical (unpaired) electrons. The number of rotatable bonds is 9. The van der Waals surface area contributed by atoms with Gasteiger partial charge in [0.1, 0.15) is 11.4 Å². The van der Waals surface area contributed by atoms with E-state index in [2.05, 4.69) is 15.2 Å². The number of hydrogen-bond donors (Lipinski definition) is 1. The second-order valence-corrected chi connectivity index (χ2v) is 10.8. The molecule has 0 bridgehead atoms. The lowest BCUT2D eigenvalue weighted by Crippen LogP contribution is -2.38. The first kappa shape index (κ1) is 27.8.